The van der Waals surface area contributed by atoms with Gasteiger partial charge in [0.25, 0.3) is 0 Å². The van der Waals surface area contributed by atoms with Crippen molar-refractivity contribution in [3.05, 3.63) is 58.9 Å². The molecular formula is C23H24F6N6O. The van der Waals surface area contributed by atoms with Crippen molar-refractivity contribution in [3.8, 4) is 0 Å². The van der Waals surface area contributed by atoms with Crippen LogP contribution in [0.1, 0.15) is 48.0 Å². The van der Waals surface area contributed by atoms with E-state index in [2.05, 4.69) is 10.2 Å². The Hall–Kier alpha value is -3.16. The molecule has 0 saturated carbocycles. The number of H-pyrrole nitrogens is 1. The first-order chi connectivity index (χ1) is 17.0. The van der Waals surface area contributed by atoms with Gasteiger partial charge in [-0.25, -0.2) is 4.68 Å². The minimum absolute atomic E-state index is 0.0606. The number of ether oxygens (including phenoxy) is 1. The Morgan fingerprint density at radius 2 is 1.58 bits per heavy atom. The van der Waals surface area contributed by atoms with Gasteiger partial charge in [-0.3, -0.25) is 5.10 Å². The number of nitrogens with two attached hydrogens (primary N) is 2. The summed E-state index contributed by atoms with van der Waals surface area (Å²) in [4.78, 5) is 0. The molecule has 1 aliphatic heterocycles. The highest BCUT2D eigenvalue weighted by Gasteiger charge is 2.38. The number of hydrogen-bond donors (Lipinski definition) is 3. The molecule has 1 atom stereocenters. The molecule has 1 fully saturated rings. The molecule has 1 aliphatic rings. The molecule has 0 bridgehead atoms. The molecule has 2 aromatic carbocycles. The SMILES string of the molecule is NCc1ccc2c(c1)c(C(F)(F)F)nn2C1CCCCO1.NCc1ccc2n[nH]c(C(F)(F)F)c2c1. The summed E-state index contributed by atoms with van der Waals surface area (Å²) in [5, 5.41) is 9.49. The molecule has 1 saturated heterocycles. The van der Waals surface area contributed by atoms with Crippen LogP contribution in [0.5, 0.6) is 0 Å². The monoisotopic (exact) mass is 514 g/mol. The largest absolute Gasteiger partial charge is 0.435 e. The van der Waals surface area contributed by atoms with Crippen molar-refractivity contribution >= 4 is 21.8 Å². The van der Waals surface area contributed by atoms with Gasteiger partial charge in [-0.15, -0.1) is 0 Å². The fraction of sp³-hybridized carbons (Fsp3) is 0.391. The highest BCUT2D eigenvalue weighted by Crippen LogP contribution is 2.37. The third-order valence-corrected chi connectivity index (χ3v) is 5.84. The van der Waals surface area contributed by atoms with Gasteiger partial charge < -0.3 is 16.2 Å². The number of nitrogens with zero attached hydrogens (tertiary/aromatic N) is 3. The number of fused-ring (bicyclic) bond motifs is 2. The highest BCUT2D eigenvalue weighted by atomic mass is 19.4. The molecule has 13 heteroatoms. The summed E-state index contributed by atoms with van der Waals surface area (Å²) in [7, 11) is 0. The summed E-state index contributed by atoms with van der Waals surface area (Å²) in [5.41, 5.74) is 11.2. The van der Waals surface area contributed by atoms with Crippen molar-refractivity contribution in [1.29, 1.82) is 0 Å². The van der Waals surface area contributed by atoms with Gasteiger partial charge >= 0.3 is 12.4 Å². The zero-order valence-electron chi connectivity index (χ0n) is 19.0. The van der Waals surface area contributed by atoms with Crippen molar-refractivity contribution in [2.24, 2.45) is 11.5 Å². The van der Waals surface area contributed by atoms with Gasteiger partial charge in [0.05, 0.1) is 11.0 Å². The van der Waals surface area contributed by atoms with Crippen LogP contribution >= 0.6 is 0 Å². The number of aromatic nitrogens is 4. The molecule has 7 nitrogen and oxygen atoms in total. The van der Waals surface area contributed by atoms with Gasteiger partial charge in [0.15, 0.2) is 11.9 Å². The van der Waals surface area contributed by atoms with Crippen molar-refractivity contribution < 1.29 is 31.1 Å². The van der Waals surface area contributed by atoms with Crippen LogP contribution in [0.2, 0.25) is 0 Å². The summed E-state index contributed by atoms with van der Waals surface area (Å²) >= 11 is 0. The van der Waals surface area contributed by atoms with Crippen molar-refractivity contribution in [3.63, 3.8) is 0 Å². The second-order valence-corrected chi connectivity index (χ2v) is 8.32. The summed E-state index contributed by atoms with van der Waals surface area (Å²) in [6.45, 7) is 0.949. The Morgan fingerprint density at radius 3 is 2.17 bits per heavy atom. The first kappa shape index (κ1) is 25.9. The summed E-state index contributed by atoms with van der Waals surface area (Å²) in [5.74, 6) is 0. The Kier molecular flexibility index (Phi) is 7.25. The first-order valence-corrected chi connectivity index (χ1v) is 11.2. The zero-order valence-corrected chi connectivity index (χ0v) is 19.0. The summed E-state index contributed by atoms with van der Waals surface area (Å²) in [6, 6.07) is 9.40. The molecule has 1 unspecified atom stereocenters. The van der Waals surface area contributed by atoms with E-state index >= 15 is 0 Å². The van der Waals surface area contributed by atoms with Crippen LogP contribution in [0.15, 0.2) is 36.4 Å². The average Bonchev–Trinajstić information content (AvgIpc) is 3.46. The van der Waals surface area contributed by atoms with Crippen LogP contribution in [0.3, 0.4) is 0 Å². The van der Waals surface area contributed by atoms with Gasteiger partial charge in [-0.2, -0.15) is 36.5 Å². The maximum atomic E-state index is 13.2. The average molecular weight is 514 g/mol. The molecule has 0 aliphatic carbocycles. The minimum atomic E-state index is -4.49. The standard InChI is InChI=1S/C14H16F3N3O.C9H8F3N3/c15-14(16,17)13-10-7-9(8-18)4-5-11(10)20(19-13)12-3-1-2-6-21-12;10-9(11,12)8-6-3-5(4-13)1-2-7(6)14-15-8/h4-5,7,12H,1-3,6,8,18H2;1-3H,4,13H2,(H,14,15). The Labute approximate surface area is 201 Å². The molecule has 3 heterocycles. The summed E-state index contributed by atoms with van der Waals surface area (Å²) < 4.78 is 83.9. The van der Waals surface area contributed by atoms with E-state index in [1.807, 2.05) is 5.10 Å². The number of halogens is 6. The number of aromatic amines is 1. The van der Waals surface area contributed by atoms with Gasteiger partial charge in [-0.05, 0) is 54.7 Å². The third-order valence-electron chi connectivity index (χ3n) is 5.84. The van der Waals surface area contributed by atoms with E-state index in [1.54, 1.807) is 18.2 Å². The van der Waals surface area contributed by atoms with E-state index < -0.39 is 30.0 Å². The van der Waals surface area contributed by atoms with Crippen LogP contribution in [0.25, 0.3) is 21.8 Å². The number of benzene rings is 2. The second kappa shape index (κ2) is 10.1. The van der Waals surface area contributed by atoms with E-state index in [9.17, 15) is 26.3 Å². The normalized spacial score (nSPS) is 16.8. The highest BCUT2D eigenvalue weighted by molar-refractivity contribution is 5.83. The lowest BCUT2D eigenvalue weighted by Crippen LogP contribution is -2.20. The number of hydrogen-bond acceptors (Lipinski definition) is 5. The van der Waals surface area contributed by atoms with Crippen LogP contribution < -0.4 is 11.5 Å². The molecule has 4 aromatic rings. The predicted octanol–water partition coefficient (Wildman–Crippen LogP) is 5.25. The fourth-order valence-electron chi connectivity index (χ4n) is 4.06. The lowest BCUT2D eigenvalue weighted by molar-refractivity contribution is -0.141. The summed E-state index contributed by atoms with van der Waals surface area (Å²) in [6.07, 6.45) is -6.81. The maximum absolute atomic E-state index is 13.2. The molecular weight excluding hydrogens is 490 g/mol. The fourth-order valence-corrected chi connectivity index (χ4v) is 4.06. The van der Waals surface area contributed by atoms with Crippen molar-refractivity contribution in [2.45, 2.75) is 50.9 Å². The van der Waals surface area contributed by atoms with Crippen LogP contribution in [0.4, 0.5) is 26.3 Å². The molecule has 194 valence electrons. The van der Waals surface area contributed by atoms with E-state index in [0.717, 1.165) is 12.8 Å². The van der Waals surface area contributed by atoms with Crippen LogP contribution in [-0.2, 0) is 30.2 Å². The minimum Gasteiger partial charge on any atom is -0.356 e. The van der Waals surface area contributed by atoms with E-state index in [0.29, 0.717) is 35.2 Å². The van der Waals surface area contributed by atoms with Gasteiger partial charge in [0, 0.05) is 30.5 Å². The van der Waals surface area contributed by atoms with E-state index in [1.165, 1.54) is 22.9 Å². The Balaban J connectivity index is 0.000000179. The van der Waals surface area contributed by atoms with Crippen LogP contribution in [-0.4, -0.2) is 26.6 Å². The van der Waals surface area contributed by atoms with Crippen molar-refractivity contribution in [1.82, 2.24) is 20.0 Å². The number of nitrogens with one attached hydrogen (secondary N) is 1. The molecule has 0 spiro atoms. The first-order valence-electron chi connectivity index (χ1n) is 11.2. The third kappa shape index (κ3) is 5.32. The van der Waals surface area contributed by atoms with Gasteiger partial charge in [0.1, 0.15) is 5.69 Å². The van der Waals surface area contributed by atoms with Gasteiger partial charge in [-0.1, -0.05) is 12.1 Å². The lowest BCUT2D eigenvalue weighted by Gasteiger charge is -2.23. The molecule has 2 aromatic heterocycles. The smallest absolute Gasteiger partial charge is 0.356 e. The van der Waals surface area contributed by atoms with Crippen LogP contribution in [0, 0.1) is 0 Å². The Morgan fingerprint density at radius 1 is 0.917 bits per heavy atom. The molecule has 0 amide bonds. The molecule has 36 heavy (non-hydrogen) atoms. The Bertz CT molecular complexity index is 1340. The molecule has 5 rings (SSSR count). The molecule has 5 N–H and O–H groups in total. The topological polar surface area (TPSA) is 108 Å². The van der Waals surface area contributed by atoms with E-state index in [4.69, 9.17) is 16.2 Å². The predicted molar refractivity (Wildman–Crippen MR) is 120 cm³/mol. The van der Waals surface area contributed by atoms with E-state index in [-0.39, 0.29) is 23.9 Å². The zero-order chi connectivity index (χ0) is 26.1. The second-order valence-electron chi connectivity index (χ2n) is 8.32. The van der Waals surface area contributed by atoms with Crippen molar-refractivity contribution in [2.75, 3.05) is 6.61 Å². The lowest BCUT2D eigenvalue weighted by atomic mass is 10.1. The number of rotatable bonds is 3. The van der Waals surface area contributed by atoms with Gasteiger partial charge in [0.2, 0.25) is 0 Å². The quantitative estimate of drug-likeness (QED) is 0.324. The number of alkyl halides is 6. The maximum Gasteiger partial charge on any atom is 0.435 e. The molecule has 0 radical (unpaired) electrons.